The van der Waals surface area contributed by atoms with Gasteiger partial charge in [-0.25, -0.2) is 4.98 Å². The standard InChI is InChI=1S/C13H11F3N2O/c1-8-7-9(17)4-5-11(8)19-12-10(13(14,15)16)3-2-6-18-12/h2-7H,17H2,1H3. The van der Waals surface area contributed by atoms with Crippen LogP contribution < -0.4 is 10.5 Å². The Kier molecular flexibility index (Phi) is 3.33. The lowest BCUT2D eigenvalue weighted by atomic mass is 10.2. The highest BCUT2D eigenvalue weighted by Crippen LogP contribution is 2.37. The second kappa shape index (κ2) is 4.79. The van der Waals surface area contributed by atoms with Crippen molar-refractivity contribution in [2.45, 2.75) is 13.1 Å². The first-order valence-corrected chi connectivity index (χ1v) is 5.44. The normalized spacial score (nSPS) is 11.4. The molecule has 2 aromatic rings. The molecular formula is C13H11F3N2O. The molecule has 0 fully saturated rings. The number of hydrogen-bond donors (Lipinski definition) is 1. The van der Waals surface area contributed by atoms with E-state index in [1.165, 1.54) is 18.3 Å². The van der Waals surface area contributed by atoms with Crippen LogP contribution in [-0.2, 0) is 6.18 Å². The molecule has 0 amide bonds. The predicted octanol–water partition coefficient (Wildman–Crippen LogP) is 3.78. The highest BCUT2D eigenvalue weighted by Gasteiger charge is 2.35. The van der Waals surface area contributed by atoms with Crippen LogP contribution in [0.4, 0.5) is 18.9 Å². The van der Waals surface area contributed by atoms with Crippen LogP contribution >= 0.6 is 0 Å². The Labute approximate surface area is 107 Å². The van der Waals surface area contributed by atoms with Gasteiger partial charge in [-0.1, -0.05) is 0 Å². The first-order chi connectivity index (χ1) is 8.88. The van der Waals surface area contributed by atoms with Crippen molar-refractivity contribution in [2.24, 2.45) is 0 Å². The van der Waals surface area contributed by atoms with E-state index in [0.717, 1.165) is 6.07 Å². The fourth-order valence-corrected chi connectivity index (χ4v) is 1.58. The van der Waals surface area contributed by atoms with E-state index in [1.54, 1.807) is 19.1 Å². The van der Waals surface area contributed by atoms with Gasteiger partial charge < -0.3 is 10.5 Å². The molecule has 6 heteroatoms. The van der Waals surface area contributed by atoms with Crippen molar-refractivity contribution in [3.63, 3.8) is 0 Å². The zero-order valence-electron chi connectivity index (χ0n) is 10.0. The first-order valence-electron chi connectivity index (χ1n) is 5.44. The highest BCUT2D eigenvalue weighted by atomic mass is 19.4. The maximum absolute atomic E-state index is 12.8. The molecule has 0 spiro atoms. The van der Waals surface area contributed by atoms with Crippen LogP contribution in [0.2, 0.25) is 0 Å². The number of benzene rings is 1. The van der Waals surface area contributed by atoms with Crippen molar-refractivity contribution in [3.05, 3.63) is 47.7 Å². The molecule has 0 aliphatic heterocycles. The summed E-state index contributed by atoms with van der Waals surface area (Å²) >= 11 is 0. The Morgan fingerprint density at radius 3 is 2.58 bits per heavy atom. The monoisotopic (exact) mass is 268 g/mol. The van der Waals surface area contributed by atoms with E-state index in [1.807, 2.05) is 0 Å². The number of ether oxygens (including phenoxy) is 1. The summed E-state index contributed by atoms with van der Waals surface area (Å²) in [5.41, 5.74) is 5.81. The molecule has 0 saturated heterocycles. The van der Waals surface area contributed by atoms with Crippen molar-refractivity contribution >= 4 is 5.69 Å². The summed E-state index contributed by atoms with van der Waals surface area (Å²) in [7, 11) is 0. The van der Waals surface area contributed by atoms with Crippen LogP contribution in [0.15, 0.2) is 36.5 Å². The molecule has 2 N–H and O–H groups in total. The second-order valence-corrected chi connectivity index (χ2v) is 3.98. The van der Waals surface area contributed by atoms with Gasteiger partial charge in [-0.15, -0.1) is 0 Å². The molecule has 1 aromatic carbocycles. The van der Waals surface area contributed by atoms with Gasteiger partial charge >= 0.3 is 6.18 Å². The third kappa shape index (κ3) is 2.96. The van der Waals surface area contributed by atoms with Crippen LogP contribution in [-0.4, -0.2) is 4.98 Å². The number of nitrogen functional groups attached to an aromatic ring is 1. The highest BCUT2D eigenvalue weighted by molar-refractivity contribution is 5.48. The number of nitrogens with zero attached hydrogens (tertiary/aromatic N) is 1. The summed E-state index contributed by atoms with van der Waals surface area (Å²) in [6, 6.07) is 6.82. The number of nitrogens with two attached hydrogens (primary N) is 1. The fourth-order valence-electron chi connectivity index (χ4n) is 1.58. The summed E-state index contributed by atoms with van der Waals surface area (Å²) in [5, 5.41) is 0. The number of hydrogen-bond acceptors (Lipinski definition) is 3. The van der Waals surface area contributed by atoms with E-state index in [9.17, 15) is 13.2 Å². The molecule has 1 heterocycles. The number of rotatable bonds is 2. The van der Waals surface area contributed by atoms with Crippen molar-refractivity contribution < 1.29 is 17.9 Å². The molecule has 0 saturated carbocycles. The number of alkyl halides is 3. The molecule has 0 atom stereocenters. The maximum Gasteiger partial charge on any atom is 0.421 e. The van der Waals surface area contributed by atoms with Crippen molar-refractivity contribution in [2.75, 3.05) is 5.73 Å². The Morgan fingerprint density at radius 2 is 1.95 bits per heavy atom. The molecule has 0 radical (unpaired) electrons. The smallest absolute Gasteiger partial charge is 0.421 e. The van der Waals surface area contributed by atoms with Gasteiger partial charge in [-0.2, -0.15) is 13.2 Å². The zero-order chi connectivity index (χ0) is 14.0. The average Bonchev–Trinajstić information content (AvgIpc) is 2.32. The van der Waals surface area contributed by atoms with Crippen LogP contribution in [0.25, 0.3) is 0 Å². The van der Waals surface area contributed by atoms with Gasteiger partial charge in [-0.3, -0.25) is 0 Å². The van der Waals surface area contributed by atoms with Crippen LogP contribution in [0, 0.1) is 6.92 Å². The minimum atomic E-state index is -4.51. The molecule has 2 rings (SSSR count). The first kappa shape index (κ1) is 13.2. The second-order valence-electron chi connectivity index (χ2n) is 3.98. The molecule has 0 aliphatic carbocycles. The zero-order valence-corrected chi connectivity index (χ0v) is 10.0. The maximum atomic E-state index is 12.8. The van der Waals surface area contributed by atoms with Gasteiger partial charge in [0.2, 0.25) is 5.88 Å². The quantitative estimate of drug-likeness (QED) is 0.843. The van der Waals surface area contributed by atoms with Gasteiger partial charge in [0.15, 0.2) is 0 Å². The van der Waals surface area contributed by atoms with Gasteiger partial charge in [-0.05, 0) is 42.8 Å². The van der Waals surface area contributed by atoms with E-state index in [4.69, 9.17) is 10.5 Å². The fraction of sp³-hybridized carbons (Fsp3) is 0.154. The predicted molar refractivity (Wildman–Crippen MR) is 64.9 cm³/mol. The summed E-state index contributed by atoms with van der Waals surface area (Å²) in [4.78, 5) is 3.63. The molecule has 100 valence electrons. The van der Waals surface area contributed by atoms with E-state index in [0.29, 0.717) is 17.0 Å². The van der Waals surface area contributed by atoms with E-state index >= 15 is 0 Å². The summed E-state index contributed by atoms with van der Waals surface area (Å²) < 4.78 is 43.6. The molecule has 0 bridgehead atoms. The Bertz CT molecular complexity index is 597. The molecular weight excluding hydrogens is 257 g/mol. The molecule has 3 nitrogen and oxygen atoms in total. The third-order valence-electron chi connectivity index (χ3n) is 2.48. The lowest BCUT2D eigenvalue weighted by Crippen LogP contribution is -2.08. The number of halogens is 3. The van der Waals surface area contributed by atoms with Crippen LogP contribution in [0.5, 0.6) is 11.6 Å². The lowest BCUT2D eigenvalue weighted by Gasteiger charge is -2.13. The number of pyridine rings is 1. The average molecular weight is 268 g/mol. The Hall–Kier alpha value is -2.24. The number of aromatic nitrogens is 1. The van der Waals surface area contributed by atoms with Gasteiger partial charge in [0.1, 0.15) is 11.3 Å². The minimum Gasteiger partial charge on any atom is -0.438 e. The van der Waals surface area contributed by atoms with Crippen LogP contribution in [0.3, 0.4) is 0 Å². The van der Waals surface area contributed by atoms with Crippen LogP contribution in [0.1, 0.15) is 11.1 Å². The number of anilines is 1. The van der Waals surface area contributed by atoms with Crippen molar-refractivity contribution in [1.82, 2.24) is 4.98 Å². The topological polar surface area (TPSA) is 48.1 Å². The Morgan fingerprint density at radius 1 is 1.21 bits per heavy atom. The molecule has 1 aromatic heterocycles. The van der Waals surface area contributed by atoms with Gasteiger partial charge in [0.05, 0.1) is 0 Å². The van der Waals surface area contributed by atoms with Crippen molar-refractivity contribution in [3.8, 4) is 11.6 Å². The SMILES string of the molecule is Cc1cc(N)ccc1Oc1ncccc1C(F)(F)F. The lowest BCUT2D eigenvalue weighted by molar-refractivity contribution is -0.138. The summed E-state index contributed by atoms with van der Waals surface area (Å²) in [5.74, 6) is -0.179. The summed E-state index contributed by atoms with van der Waals surface area (Å²) in [6.45, 7) is 1.70. The van der Waals surface area contributed by atoms with E-state index < -0.39 is 17.6 Å². The van der Waals surface area contributed by atoms with Gasteiger partial charge in [0.25, 0.3) is 0 Å². The Balaban J connectivity index is 2.39. The molecule has 0 aliphatic rings. The third-order valence-corrected chi connectivity index (χ3v) is 2.48. The largest absolute Gasteiger partial charge is 0.438 e. The molecule has 0 unspecified atom stereocenters. The van der Waals surface area contributed by atoms with E-state index in [2.05, 4.69) is 4.98 Å². The number of aryl methyl sites for hydroxylation is 1. The van der Waals surface area contributed by atoms with Gasteiger partial charge in [0, 0.05) is 11.9 Å². The van der Waals surface area contributed by atoms with Crippen molar-refractivity contribution in [1.29, 1.82) is 0 Å². The minimum absolute atomic E-state index is 0.290. The summed E-state index contributed by atoms with van der Waals surface area (Å²) in [6.07, 6.45) is -3.26. The van der Waals surface area contributed by atoms with E-state index in [-0.39, 0.29) is 0 Å². The molecule has 19 heavy (non-hydrogen) atoms.